The number of hydrogen-bond donors (Lipinski definition) is 2. The van der Waals surface area contributed by atoms with E-state index in [1.807, 2.05) is 0 Å². The molecule has 0 heterocycles. The molecule has 0 aromatic carbocycles. The van der Waals surface area contributed by atoms with E-state index in [0.29, 0.717) is 18.9 Å². The molecule has 2 N–H and O–H groups in total. The first-order valence-corrected chi connectivity index (χ1v) is 16.1. The Morgan fingerprint density at radius 1 is 0.639 bits per heavy atom. The van der Waals surface area contributed by atoms with Crippen molar-refractivity contribution in [1.82, 2.24) is 4.90 Å². The van der Waals surface area contributed by atoms with Crippen molar-refractivity contribution in [3.63, 3.8) is 0 Å². The molecule has 0 aromatic heterocycles. The molecular formula is C32H65NO3. The van der Waals surface area contributed by atoms with Gasteiger partial charge >= 0.3 is 0 Å². The number of aliphatic hydroxyl groups is 2. The van der Waals surface area contributed by atoms with Gasteiger partial charge in [-0.2, -0.15) is 0 Å². The fourth-order valence-corrected chi connectivity index (χ4v) is 5.07. The van der Waals surface area contributed by atoms with Gasteiger partial charge in [0.15, 0.2) is 0 Å². The molecule has 0 fully saturated rings. The molecule has 0 aliphatic rings. The van der Waals surface area contributed by atoms with Gasteiger partial charge in [-0.15, -0.1) is 0 Å². The first kappa shape index (κ1) is 35.4. The Morgan fingerprint density at radius 2 is 1.06 bits per heavy atom. The molecular weight excluding hydrogens is 446 g/mol. The number of nitrogens with zero attached hydrogens (tertiary/aromatic N) is 1. The summed E-state index contributed by atoms with van der Waals surface area (Å²) in [5.74, 6) is 0.721. The lowest BCUT2D eigenvalue weighted by Gasteiger charge is -2.25. The van der Waals surface area contributed by atoms with Crippen LogP contribution in [0.1, 0.15) is 168 Å². The van der Waals surface area contributed by atoms with Gasteiger partial charge in [-0.05, 0) is 18.8 Å². The highest BCUT2D eigenvalue weighted by Crippen LogP contribution is 2.18. The van der Waals surface area contributed by atoms with Gasteiger partial charge in [0, 0.05) is 19.5 Å². The van der Waals surface area contributed by atoms with Crippen molar-refractivity contribution >= 4 is 5.91 Å². The third-order valence-corrected chi connectivity index (χ3v) is 7.68. The second-order valence-electron chi connectivity index (χ2n) is 11.5. The van der Waals surface area contributed by atoms with Gasteiger partial charge in [0.1, 0.15) is 0 Å². The van der Waals surface area contributed by atoms with E-state index in [2.05, 4.69) is 20.8 Å². The molecule has 0 aromatic rings. The molecule has 0 rings (SSSR count). The third kappa shape index (κ3) is 23.8. The van der Waals surface area contributed by atoms with Crippen molar-refractivity contribution in [1.29, 1.82) is 0 Å². The number of unbranched alkanes of at least 4 members (excludes halogenated alkanes) is 18. The molecule has 0 saturated heterocycles. The van der Waals surface area contributed by atoms with Crippen LogP contribution in [0, 0.1) is 5.92 Å². The summed E-state index contributed by atoms with van der Waals surface area (Å²) in [6.07, 6.45) is 28.3. The SMILES string of the molecule is CCCCCCCCCCCCC(C)CCC(=O)N(CCCCCCCCCCCC)CC(O)CO. The lowest BCUT2D eigenvalue weighted by molar-refractivity contribution is -0.133. The van der Waals surface area contributed by atoms with Crippen LogP contribution in [0.4, 0.5) is 0 Å². The summed E-state index contributed by atoms with van der Waals surface area (Å²) >= 11 is 0. The molecule has 0 radical (unpaired) electrons. The minimum atomic E-state index is -0.832. The van der Waals surface area contributed by atoms with E-state index in [0.717, 1.165) is 19.3 Å². The van der Waals surface area contributed by atoms with Crippen LogP contribution in [0.3, 0.4) is 0 Å². The zero-order chi connectivity index (χ0) is 26.7. The molecule has 1 amide bonds. The molecule has 0 bridgehead atoms. The molecule has 4 heteroatoms. The monoisotopic (exact) mass is 511 g/mol. The van der Waals surface area contributed by atoms with Crippen molar-refractivity contribution in [2.24, 2.45) is 5.92 Å². The van der Waals surface area contributed by atoms with Crippen LogP contribution in [0.25, 0.3) is 0 Å². The fraction of sp³-hybridized carbons (Fsp3) is 0.969. The number of amides is 1. The molecule has 0 saturated carbocycles. The fourth-order valence-electron chi connectivity index (χ4n) is 5.07. The summed E-state index contributed by atoms with van der Waals surface area (Å²) in [6.45, 7) is 7.49. The largest absolute Gasteiger partial charge is 0.394 e. The van der Waals surface area contributed by atoms with Gasteiger partial charge in [0.25, 0.3) is 0 Å². The molecule has 2 atom stereocenters. The normalized spacial score (nSPS) is 13.1. The van der Waals surface area contributed by atoms with E-state index in [-0.39, 0.29) is 19.1 Å². The summed E-state index contributed by atoms with van der Waals surface area (Å²) in [4.78, 5) is 14.7. The zero-order valence-corrected chi connectivity index (χ0v) is 24.8. The van der Waals surface area contributed by atoms with Crippen molar-refractivity contribution in [2.75, 3.05) is 19.7 Å². The quantitative estimate of drug-likeness (QED) is 0.103. The Kier molecular flexibility index (Phi) is 27.0. The van der Waals surface area contributed by atoms with Crippen molar-refractivity contribution in [3.8, 4) is 0 Å². The third-order valence-electron chi connectivity index (χ3n) is 7.68. The number of aliphatic hydroxyl groups excluding tert-OH is 2. The van der Waals surface area contributed by atoms with Gasteiger partial charge in [0.2, 0.25) is 5.91 Å². The second kappa shape index (κ2) is 27.4. The Bertz CT molecular complexity index is 457. The van der Waals surface area contributed by atoms with E-state index >= 15 is 0 Å². The zero-order valence-electron chi connectivity index (χ0n) is 24.8. The highest BCUT2D eigenvalue weighted by molar-refractivity contribution is 5.76. The summed E-state index contributed by atoms with van der Waals surface area (Å²) in [7, 11) is 0. The Balaban J connectivity index is 3.94. The van der Waals surface area contributed by atoms with E-state index in [1.54, 1.807) is 4.90 Å². The summed E-state index contributed by atoms with van der Waals surface area (Å²) in [5, 5.41) is 19.2. The number of carbonyl (C=O) groups excluding carboxylic acids is 1. The van der Waals surface area contributed by atoms with Gasteiger partial charge in [0.05, 0.1) is 12.7 Å². The smallest absolute Gasteiger partial charge is 0.222 e. The van der Waals surface area contributed by atoms with Crippen LogP contribution in [-0.2, 0) is 4.79 Å². The predicted octanol–water partition coefficient (Wildman–Crippen LogP) is 8.82. The van der Waals surface area contributed by atoms with Crippen LogP contribution in [-0.4, -0.2) is 46.8 Å². The Labute approximate surface area is 226 Å². The van der Waals surface area contributed by atoms with Gasteiger partial charge in [-0.3, -0.25) is 4.79 Å². The Morgan fingerprint density at radius 3 is 1.50 bits per heavy atom. The van der Waals surface area contributed by atoms with E-state index in [9.17, 15) is 15.0 Å². The molecule has 0 spiro atoms. The first-order chi connectivity index (χ1) is 17.5. The van der Waals surface area contributed by atoms with Gasteiger partial charge in [-0.25, -0.2) is 0 Å². The first-order valence-electron chi connectivity index (χ1n) is 16.1. The van der Waals surface area contributed by atoms with Crippen LogP contribution in [0.5, 0.6) is 0 Å². The maximum atomic E-state index is 12.9. The molecule has 36 heavy (non-hydrogen) atoms. The highest BCUT2D eigenvalue weighted by atomic mass is 16.3. The number of carbonyl (C=O) groups is 1. The van der Waals surface area contributed by atoms with E-state index in [1.165, 1.54) is 122 Å². The van der Waals surface area contributed by atoms with E-state index in [4.69, 9.17) is 0 Å². The maximum Gasteiger partial charge on any atom is 0.222 e. The second-order valence-corrected chi connectivity index (χ2v) is 11.5. The van der Waals surface area contributed by atoms with Crippen molar-refractivity contribution in [2.45, 2.75) is 175 Å². The van der Waals surface area contributed by atoms with Crippen LogP contribution in [0.15, 0.2) is 0 Å². The summed E-state index contributed by atoms with van der Waals surface area (Å²) in [6, 6.07) is 0. The molecule has 216 valence electrons. The lowest BCUT2D eigenvalue weighted by Crippen LogP contribution is -2.39. The van der Waals surface area contributed by atoms with Gasteiger partial charge in [-0.1, -0.05) is 149 Å². The number of rotatable bonds is 28. The molecule has 0 aliphatic heterocycles. The topological polar surface area (TPSA) is 60.8 Å². The van der Waals surface area contributed by atoms with Crippen molar-refractivity contribution in [3.05, 3.63) is 0 Å². The van der Waals surface area contributed by atoms with Crippen molar-refractivity contribution < 1.29 is 15.0 Å². The van der Waals surface area contributed by atoms with Gasteiger partial charge < -0.3 is 15.1 Å². The minimum absolute atomic E-state index is 0.147. The average Bonchev–Trinajstić information content (AvgIpc) is 2.88. The number of hydrogen-bond acceptors (Lipinski definition) is 3. The maximum absolute atomic E-state index is 12.9. The minimum Gasteiger partial charge on any atom is -0.394 e. The van der Waals surface area contributed by atoms with Crippen LogP contribution in [0.2, 0.25) is 0 Å². The molecule has 4 nitrogen and oxygen atoms in total. The summed E-state index contributed by atoms with van der Waals surface area (Å²) in [5.41, 5.74) is 0. The van der Waals surface area contributed by atoms with Crippen LogP contribution < -0.4 is 0 Å². The highest BCUT2D eigenvalue weighted by Gasteiger charge is 2.17. The average molecular weight is 512 g/mol. The predicted molar refractivity (Wildman–Crippen MR) is 156 cm³/mol. The van der Waals surface area contributed by atoms with E-state index < -0.39 is 6.10 Å². The molecule has 2 unspecified atom stereocenters. The molecule has 0 aliphatic carbocycles. The summed E-state index contributed by atoms with van der Waals surface area (Å²) < 4.78 is 0. The standard InChI is InChI=1S/C32H65NO3/c1-4-6-8-10-12-14-16-18-20-22-24-30(3)25-26-32(36)33(28-31(35)29-34)27-23-21-19-17-15-13-11-9-7-5-2/h30-31,34-35H,4-29H2,1-3H3. The Hall–Kier alpha value is -0.610. The lowest BCUT2D eigenvalue weighted by atomic mass is 9.97. The van der Waals surface area contributed by atoms with Crippen LogP contribution >= 0.6 is 0 Å².